The fraction of sp³-hybridized carbons (Fsp3) is 0.231. The maximum absolute atomic E-state index is 13.5. The number of hydrogen-bond acceptors (Lipinski definition) is 5. The van der Waals surface area contributed by atoms with Crippen molar-refractivity contribution in [3.63, 3.8) is 0 Å². The number of methoxy groups -OCH3 is 2. The van der Waals surface area contributed by atoms with Gasteiger partial charge in [0, 0.05) is 16.1 Å². The van der Waals surface area contributed by atoms with Crippen LogP contribution < -0.4 is 14.4 Å². The molecule has 0 bridgehead atoms. The second-order valence-corrected chi connectivity index (χ2v) is 8.45. The van der Waals surface area contributed by atoms with Crippen LogP contribution in [0, 0.1) is 6.92 Å². The molecule has 0 radical (unpaired) electrons. The lowest BCUT2D eigenvalue weighted by atomic mass is 9.88. The molecule has 0 spiro atoms. The molecule has 33 heavy (non-hydrogen) atoms. The normalized spacial score (nSPS) is 17.1. The minimum absolute atomic E-state index is 0.271. The van der Waals surface area contributed by atoms with Crippen molar-refractivity contribution in [3.8, 4) is 11.5 Å². The summed E-state index contributed by atoms with van der Waals surface area (Å²) in [5, 5.41) is 12.0. The summed E-state index contributed by atoms with van der Waals surface area (Å²) in [4.78, 5) is 28.2. The average Bonchev–Trinajstić information content (AvgIpc) is 3.01. The first kappa shape index (κ1) is 22.8. The molecule has 0 saturated heterocycles. The third-order valence-electron chi connectivity index (χ3n) is 6.01. The van der Waals surface area contributed by atoms with E-state index in [1.54, 1.807) is 30.3 Å². The Labute approximate surface area is 197 Å². The van der Waals surface area contributed by atoms with Gasteiger partial charge in [0.1, 0.15) is 0 Å². The van der Waals surface area contributed by atoms with E-state index in [9.17, 15) is 14.7 Å². The van der Waals surface area contributed by atoms with Crippen LogP contribution in [0.5, 0.6) is 11.5 Å². The maximum atomic E-state index is 13.5. The van der Waals surface area contributed by atoms with Gasteiger partial charge in [-0.1, -0.05) is 35.9 Å². The van der Waals surface area contributed by atoms with Gasteiger partial charge in [0.05, 0.1) is 32.9 Å². The minimum atomic E-state index is -2.03. The first-order chi connectivity index (χ1) is 15.8. The van der Waals surface area contributed by atoms with Crippen molar-refractivity contribution < 1.29 is 24.2 Å². The summed E-state index contributed by atoms with van der Waals surface area (Å²) < 4.78 is 10.5. The van der Waals surface area contributed by atoms with Gasteiger partial charge in [-0.3, -0.25) is 9.59 Å². The van der Waals surface area contributed by atoms with Gasteiger partial charge in [-0.15, -0.1) is 0 Å². The highest BCUT2D eigenvalue weighted by Gasteiger charge is 2.51. The van der Waals surface area contributed by atoms with E-state index in [2.05, 4.69) is 0 Å². The summed E-state index contributed by atoms with van der Waals surface area (Å²) in [6, 6.07) is 17.4. The van der Waals surface area contributed by atoms with Crippen LogP contribution >= 0.6 is 11.6 Å². The molecule has 1 aliphatic heterocycles. The monoisotopic (exact) mass is 465 g/mol. The molecule has 1 N–H and O–H groups in total. The van der Waals surface area contributed by atoms with Crippen molar-refractivity contribution in [1.82, 2.24) is 0 Å². The number of anilines is 1. The second-order valence-electron chi connectivity index (χ2n) is 8.01. The molecule has 0 saturated carbocycles. The number of amides is 1. The standard InChI is InChI=1S/C26H24ClNO5/c1-16-6-4-5-7-18(16)15-28-21-10-9-19(27)13-20(21)26(31,25(28)30)14-22(29)17-8-11-23(32-2)24(12-17)33-3/h4-13,31H,14-15H2,1-3H3/t26-/m0/s1. The van der Waals surface area contributed by atoms with Crippen LogP contribution in [0.4, 0.5) is 5.69 Å². The molecule has 0 aromatic heterocycles. The van der Waals surface area contributed by atoms with E-state index < -0.39 is 23.7 Å². The predicted octanol–water partition coefficient (Wildman–Crippen LogP) is 4.67. The van der Waals surface area contributed by atoms with Gasteiger partial charge in [-0.25, -0.2) is 0 Å². The zero-order chi connectivity index (χ0) is 23.8. The van der Waals surface area contributed by atoms with Crippen molar-refractivity contribution in [2.24, 2.45) is 0 Å². The lowest BCUT2D eigenvalue weighted by Crippen LogP contribution is -2.41. The lowest BCUT2D eigenvalue weighted by molar-refractivity contribution is -0.136. The molecule has 1 aliphatic rings. The van der Waals surface area contributed by atoms with E-state index in [-0.39, 0.29) is 6.54 Å². The Bertz CT molecular complexity index is 1240. The van der Waals surface area contributed by atoms with Crippen molar-refractivity contribution in [2.75, 3.05) is 19.1 Å². The molecular formula is C26H24ClNO5. The summed E-state index contributed by atoms with van der Waals surface area (Å²) in [5.41, 5.74) is 1.10. The van der Waals surface area contributed by atoms with Crippen LogP contribution in [-0.4, -0.2) is 31.0 Å². The Morgan fingerprint density at radius 3 is 2.45 bits per heavy atom. The van der Waals surface area contributed by atoms with Gasteiger partial charge in [0.15, 0.2) is 22.9 Å². The largest absolute Gasteiger partial charge is 0.493 e. The fourth-order valence-corrected chi connectivity index (χ4v) is 4.32. The third-order valence-corrected chi connectivity index (χ3v) is 6.24. The van der Waals surface area contributed by atoms with Crippen molar-refractivity contribution in [3.05, 3.63) is 87.9 Å². The molecule has 0 aliphatic carbocycles. The molecular weight excluding hydrogens is 442 g/mol. The zero-order valence-corrected chi connectivity index (χ0v) is 19.3. The molecule has 3 aromatic rings. The van der Waals surface area contributed by atoms with Gasteiger partial charge >= 0.3 is 0 Å². The van der Waals surface area contributed by atoms with Gasteiger partial charge in [-0.2, -0.15) is 0 Å². The third kappa shape index (κ3) is 4.08. The van der Waals surface area contributed by atoms with E-state index >= 15 is 0 Å². The van der Waals surface area contributed by atoms with E-state index in [1.807, 2.05) is 31.2 Å². The summed E-state index contributed by atoms with van der Waals surface area (Å²) in [7, 11) is 2.98. The molecule has 4 rings (SSSR count). The summed E-state index contributed by atoms with van der Waals surface area (Å²) in [6.07, 6.45) is -0.432. The summed E-state index contributed by atoms with van der Waals surface area (Å²) in [5.74, 6) is -0.101. The Balaban J connectivity index is 1.70. The number of rotatable bonds is 7. The second kappa shape index (κ2) is 8.89. The average molecular weight is 466 g/mol. The maximum Gasteiger partial charge on any atom is 0.264 e. The summed E-state index contributed by atoms with van der Waals surface area (Å²) >= 11 is 6.20. The first-order valence-corrected chi connectivity index (χ1v) is 10.8. The van der Waals surface area contributed by atoms with Crippen LogP contribution in [0.15, 0.2) is 60.7 Å². The number of ketones is 1. The quantitative estimate of drug-likeness (QED) is 0.513. The molecule has 3 aromatic carbocycles. The van der Waals surface area contributed by atoms with E-state index in [1.165, 1.54) is 25.2 Å². The fourth-order valence-electron chi connectivity index (χ4n) is 4.15. The molecule has 0 fully saturated rings. The number of Topliss-reactive ketones (excluding diaryl/α,β-unsaturated/α-hetero) is 1. The van der Waals surface area contributed by atoms with Gasteiger partial charge < -0.3 is 19.5 Å². The van der Waals surface area contributed by atoms with Crippen LogP contribution in [0.3, 0.4) is 0 Å². The number of fused-ring (bicyclic) bond motifs is 1. The predicted molar refractivity (Wildman–Crippen MR) is 126 cm³/mol. The SMILES string of the molecule is COc1ccc(C(=O)C[C@@]2(O)C(=O)N(Cc3ccccc3C)c3ccc(Cl)cc32)cc1OC. The molecule has 0 unspecified atom stereocenters. The molecule has 1 atom stereocenters. The van der Waals surface area contributed by atoms with Crippen molar-refractivity contribution in [2.45, 2.75) is 25.5 Å². The van der Waals surface area contributed by atoms with Crippen LogP contribution in [0.2, 0.25) is 5.02 Å². The minimum Gasteiger partial charge on any atom is -0.493 e. The molecule has 170 valence electrons. The molecule has 7 heteroatoms. The number of aliphatic hydroxyl groups is 1. The highest BCUT2D eigenvalue weighted by atomic mass is 35.5. The number of hydrogen-bond donors (Lipinski definition) is 1. The molecule has 1 heterocycles. The zero-order valence-electron chi connectivity index (χ0n) is 18.6. The van der Waals surface area contributed by atoms with Crippen molar-refractivity contribution in [1.29, 1.82) is 0 Å². The number of aryl methyl sites for hydroxylation is 1. The van der Waals surface area contributed by atoms with E-state index in [0.29, 0.717) is 33.3 Å². The highest BCUT2D eigenvalue weighted by molar-refractivity contribution is 6.31. The van der Waals surface area contributed by atoms with E-state index in [0.717, 1.165) is 11.1 Å². The molecule has 1 amide bonds. The Morgan fingerprint density at radius 2 is 1.76 bits per heavy atom. The number of carbonyl (C=O) groups is 2. The number of carbonyl (C=O) groups excluding carboxylic acids is 2. The van der Waals surface area contributed by atoms with Crippen LogP contribution in [0.25, 0.3) is 0 Å². The number of benzene rings is 3. The van der Waals surface area contributed by atoms with Crippen LogP contribution in [0.1, 0.15) is 33.5 Å². The smallest absolute Gasteiger partial charge is 0.264 e. The van der Waals surface area contributed by atoms with Gasteiger partial charge in [-0.05, 0) is 54.4 Å². The van der Waals surface area contributed by atoms with Crippen molar-refractivity contribution >= 4 is 29.0 Å². The topological polar surface area (TPSA) is 76.1 Å². The highest BCUT2D eigenvalue weighted by Crippen LogP contribution is 2.45. The van der Waals surface area contributed by atoms with Gasteiger partial charge in [0.25, 0.3) is 5.91 Å². The Kier molecular flexibility index (Phi) is 6.15. The Morgan fingerprint density at radius 1 is 1.03 bits per heavy atom. The first-order valence-electron chi connectivity index (χ1n) is 10.4. The van der Waals surface area contributed by atoms with Gasteiger partial charge in [0.2, 0.25) is 0 Å². The number of halogens is 1. The number of nitrogens with zero attached hydrogens (tertiary/aromatic N) is 1. The van der Waals surface area contributed by atoms with E-state index in [4.69, 9.17) is 21.1 Å². The van der Waals surface area contributed by atoms with Crippen LogP contribution in [-0.2, 0) is 16.9 Å². The summed E-state index contributed by atoms with van der Waals surface area (Å²) in [6.45, 7) is 2.23. The number of ether oxygens (including phenoxy) is 2. The Hall–Kier alpha value is -3.35. The molecule has 6 nitrogen and oxygen atoms in total. The lowest BCUT2D eigenvalue weighted by Gasteiger charge is -2.23.